The number of aromatic hydroxyl groups is 1. The molecule has 3 N–H and O–H groups in total. The Morgan fingerprint density at radius 2 is 1.78 bits per heavy atom. The van der Waals surface area contributed by atoms with E-state index < -0.39 is 6.04 Å². The maximum absolute atomic E-state index is 13.3. The van der Waals surface area contributed by atoms with Crippen LogP contribution in [0.3, 0.4) is 0 Å². The quantitative estimate of drug-likeness (QED) is 0.494. The summed E-state index contributed by atoms with van der Waals surface area (Å²) in [6, 6.07) is 9.89. The molecule has 2 aromatic carbocycles. The Balaban J connectivity index is 1.94. The van der Waals surface area contributed by atoms with E-state index in [1.54, 1.807) is 41.3 Å². The third kappa shape index (κ3) is 3.40. The van der Waals surface area contributed by atoms with Gasteiger partial charge < -0.3 is 29.3 Å². The molecule has 32 heavy (non-hydrogen) atoms. The zero-order valence-electron chi connectivity index (χ0n) is 18.1. The number of fused-ring (bicyclic) bond motifs is 1. The summed E-state index contributed by atoms with van der Waals surface area (Å²) >= 11 is 0. The fourth-order valence-electron chi connectivity index (χ4n) is 4.15. The second-order valence-electron chi connectivity index (χ2n) is 7.31. The summed E-state index contributed by atoms with van der Waals surface area (Å²) in [5.41, 5.74) is 2.71. The fraction of sp³-hybridized carbons (Fsp3) is 0.304. The molecular formula is C23H25N3O6. The lowest BCUT2D eigenvalue weighted by molar-refractivity contribution is 0.0731. The van der Waals surface area contributed by atoms with Crippen molar-refractivity contribution in [2.45, 2.75) is 12.5 Å². The molecule has 1 atom stereocenters. The van der Waals surface area contributed by atoms with Crippen LogP contribution in [0.4, 0.5) is 0 Å². The summed E-state index contributed by atoms with van der Waals surface area (Å²) in [7, 11) is 4.58. The predicted octanol–water partition coefficient (Wildman–Crippen LogP) is 2.74. The molecule has 1 aromatic heterocycles. The number of aliphatic hydroxyl groups excluding tert-OH is 1. The number of rotatable bonds is 8. The molecule has 1 amide bonds. The topological polar surface area (TPSA) is 117 Å². The number of carbonyl (C=O) groups excluding carboxylic acids is 1. The van der Waals surface area contributed by atoms with Gasteiger partial charge in [-0.25, -0.2) is 0 Å². The third-order valence-corrected chi connectivity index (χ3v) is 5.58. The van der Waals surface area contributed by atoms with Crippen LogP contribution in [-0.4, -0.2) is 65.7 Å². The van der Waals surface area contributed by atoms with Crippen molar-refractivity contribution in [2.75, 3.05) is 34.5 Å². The maximum atomic E-state index is 13.3. The number of aromatic amines is 1. The normalized spacial score (nSPS) is 15.1. The van der Waals surface area contributed by atoms with E-state index in [-0.39, 0.29) is 18.3 Å². The van der Waals surface area contributed by atoms with Gasteiger partial charge in [0.2, 0.25) is 5.75 Å². The molecule has 0 saturated carbocycles. The number of H-pyrrole nitrogens is 1. The standard InChI is InChI=1S/C23H25N3O6/c1-30-16-11-13(12-17(31-2)22(16)32-3)21-18-19(14-7-4-5-8-15(14)28)24-25-20(18)23(29)26(21)9-6-10-27/h4-5,7-8,11-12,21,27-28H,6,9-10H2,1-3H3,(H,24,25). The highest BCUT2D eigenvalue weighted by Crippen LogP contribution is 2.48. The van der Waals surface area contributed by atoms with Gasteiger partial charge in [-0.05, 0) is 36.2 Å². The van der Waals surface area contributed by atoms with Crippen LogP contribution < -0.4 is 14.2 Å². The number of phenols is 1. The Labute approximate surface area is 185 Å². The van der Waals surface area contributed by atoms with Gasteiger partial charge >= 0.3 is 0 Å². The lowest BCUT2D eigenvalue weighted by Gasteiger charge is -2.27. The summed E-state index contributed by atoms with van der Waals surface area (Å²) < 4.78 is 16.5. The van der Waals surface area contributed by atoms with Crippen LogP contribution in [0.5, 0.6) is 23.0 Å². The molecule has 0 radical (unpaired) electrons. The number of phenolic OH excluding ortho intramolecular Hbond substituents is 1. The first-order chi connectivity index (χ1) is 15.5. The van der Waals surface area contributed by atoms with Crippen LogP contribution >= 0.6 is 0 Å². The first-order valence-electron chi connectivity index (χ1n) is 10.1. The van der Waals surface area contributed by atoms with E-state index in [1.165, 1.54) is 21.3 Å². The molecule has 1 unspecified atom stereocenters. The van der Waals surface area contributed by atoms with E-state index >= 15 is 0 Å². The highest BCUT2D eigenvalue weighted by Gasteiger charge is 2.42. The predicted molar refractivity (Wildman–Crippen MR) is 116 cm³/mol. The van der Waals surface area contributed by atoms with Gasteiger partial charge in [-0.1, -0.05) is 12.1 Å². The van der Waals surface area contributed by atoms with Crippen molar-refractivity contribution < 1.29 is 29.2 Å². The second kappa shape index (κ2) is 8.80. The Hall–Kier alpha value is -3.72. The van der Waals surface area contributed by atoms with Gasteiger partial charge in [0.1, 0.15) is 17.1 Å². The average Bonchev–Trinajstić information content (AvgIpc) is 3.35. The van der Waals surface area contributed by atoms with Gasteiger partial charge in [-0.3, -0.25) is 9.89 Å². The minimum Gasteiger partial charge on any atom is -0.507 e. The first-order valence-corrected chi connectivity index (χ1v) is 10.1. The van der Waals surface area contributed by atoms with Crippen molar-refractivity contribution in [3.05, 3.63) is 53.2 Å². The number of nitrogens with one attached hydrogen (secondary N) is 1. The molecule has 9 nitrogen and oxygen atoms in total. The van der Waals surface area contributed by atoms with Gasteiger partial charge in [-0.2, -0.15) is 5.10 Å². The summed E-state index contributed by atoms with van der Waals surface area (Å²) in [6.07, 6.45) is 0.413. The molecule has 0 bridgehead atoms. The zero-order chi connectivity index (χ0) is 22.8. The van der Waals surface area contributed by atoms with Crippen LogP contribution in [0.2, 0.25) is 0 Å². The second-order valence-corrected chi connectivity index (χ2v) is 7.31. The Bertz CT molecular complexity index is 1120. The van der Waals surface area contributed by atoms with Crippen LogP contribution in [0, 0.1) is 0 Å². The van der Waals surface area contributed by atoms with Crippen molar-refractivity contribution in [1.82, 2.24) is 15.1 Å². The molecule has 9 heteroatoms. The van der Waals surface area contributed by atoms with E-state index in [2.05, 4.69) is 10.2 Å². The van der Waals surface area contributed by atoms with E-state index in [0.29, 0.717) is 52.7 Å². The molecule has 4 rings (SSSR count). The number of hydrogen-bond acceptors (Lipinski definition) is 7. The lowest BCUT2D eigenvalue weighted by atomic mass is 9.95. The highest BCUT2D eigenvalue weighted by atomic mass is 16.5. The van der Waals surface area contributed by atoms with Crippen molar-refractivity contribution in [1.29, 1.82) is 0 Å². The number of methoxy groups -OCH3 is 3. The lowest BCUT2D eigenvalue weighted by Crippen LogP contribution is -2.31. The van der Waals surface area contributed by atoms with Gasteiger partial charge in [0, 0.05) is 24.3 Å². The number of benzene rings is 2. The largest absolute Gasteiger partial charge is 0.507 e. The van der Waals surface area contributed by atoms with Crippen LogP contribution in [0.15, 0.2) is 36.4 Å². The molecule has 3 aromatic rings. The fourth-order valence-corrected chi connectivity index (χ4v) is 4.15. The van der Waals surface area contributed by atoms with Gasteiger partial charge in [0.25, 0.3) is 5.91 Å². The number of amides is 1. The molecule has 0 aliphatic carbocycles. The van der Waals surface area contributed by atoms with E-state index in [4.69, 9.17) is 14.2 Å². The number of ether oxygens (including phenoxy) is 3. The van der Waals surface area contributed by atoms with E-state index in [0.717, 1.165) is 5.56 Å². The number of para-hydroxylation sites is 1. The van der Waals surface area contributed by atoms with Gasteiger partial charge in [0.05, 0.1) is 27.4 Å². The average molecular weight is 439 g/mol. The number of carbonyl (C=O) groups is 1. The molecule has 0 fully saturated rings. The molecule has 168 valence electrons. The highest BCUT2D eigenvalue weighted by molar-refractivity contribution is 6.00. The number of aliphatic hydroxyl groups is 1. The monoisotopic (exact) mass is 439 g/mol. The van der Waals surface area contributed by atoms with Crippen LogP contribution in [-0.2, 0) is 0 Å². The zero-order valence-corrected chi connectivity index (χ0v) is 18.1. The molecule has 0 saturated heterocycles. The van der Waals surface area contributed by atoms with Gasteiger partial charge in [0.15, 0.2) is 11.5 Å². The van der Waals surface area contributed by atoms with Crippen LogP contribution in [0.1, 0.15) is 34.1 Å². The third-order valence-electron chi connectivity index (χ3n) is 5.58. The maximum Gasteiger partial charge on any atom is 0.273 e. The van der Waals surface area contributed by atoms with E-state index in [1.807, 2.05) is 0 Å². The van der Waals surface area contributed by atoms with Crippen molar-refractivity contribution in [3.63, 3.8) is 0 Å². The number of hydrogen-bond donors (Lipinski definition) is 3. The smallest absolute Gasteiger partial charge is 0.273 e. The van der Waals surface area contributed by atoms with Crippen molar-refractivity contribution in [2.24, 2.45) is 0 Å². The molecule has 2 heterocycles. The number of aromatic nitrogens is 2. The Kier molecular flexibility index (Phi) is 5.91. The minimum absolute atomic E-state index is 0.0513. The van der Waals surface area contributed by atoms with Crippen LogP contribution in [0.25, 0.3) is 11.3 Å². The summed E-state index contributed by atoms with van der Waals surface area (Å²) in [5, 5.41) is 27.0. The van der Waals surface area contributed by atoms with Gasteiger partial charge in [-0.15, -0.1) is 0 Å². The summed E-state index contributed by atoms with van der Waals surface area (Å²) in [4.78, 5) is 14.9. The molecule has 0 spiro atoms. The molecule has 1 aliphatic rings. The Morgan fingerprint density at radius 1 is 1.09 bits per heavy atom. The van der Waals surface area contributed by atoms with Crippen molar-refractivity contribution in [3.8, 4) is 34.3 Å². The minimum atomic E-state index is -0.536. The first kappa shape index (κ1) is 21.5. The molecular weight excluding hydrogens is 414 g/mol. The number of nitrogens with zero attached hydrogens (tertiary/aromatic N) is 2. The summed E-state index contributed by atoms with van der Waals surface area (Å²) in [5.74, 6) is 1.18. The SMILES string of the molecule is COc1cc(C2c3c(-c4ccccc4O)n[nH]c3C(=O)N2CCCO)cc(OC)c1OC. The summed E-state index contributed by atoms with van der Waals surface area (Å²) in [6.45, 7) is 0.281. The molecule has 1 aliphatic heterocycles. The Morgan fingerprint density at radius 3 is 2.38 bits per heavy atom. The van der Waals surface area contributed by atoms with E-state index in [9.17, 15) is 15.0 Å². The van der Waals surface area contributed by atoms with Crippen molar-refractivity contribution >= 4 is 5.91 Å².